The van der Waals surface area contributed by atoms with E-state index in [4.69, 9.17) is 9.47 Å². The van der Waals surface area contributed by atoms with Gasteiger partial charge in [0.05, 0.1) is 12.2 Å². The molecule has 2 rings (SSSR count). The summed E-state index contributed by atoms with van der Waals surface area (Å²) in [5.74, 6) is 0. The number of rotatable bonds is 2. The molecule has 0 aliphatic carbocycles. The molecule has 2 fully saturated rings. The summed E-state index contributed by atoms with van der Waals surface area (Å²) in [4.78, 5) is 0. The molecule has 0 radical (unpaired) electrons. The summed E-state index contributed by atoms with van der Waals surface area (Å²) in [6, 6.07) is 0. The summed E-state index contributed by atoms with van der Waals surface area (Å²) < 4.78 is 10.5. The molecule has 0 saturated carbocycles. The van der Waals surface area contributed by atoms with Crippen LogP contribution in [-0.2, 0) is 9.47 Å². The minimum atomic E-state index is 0.287. The summed E-state index contributed by atoms with van der Waals surface area (Å²) >= 11 is 0. The number of hydrogen-bond acceptors (Lipinski definition) is 2. The smallest absolute Gasteiger partial charge is 0.107 e. The Balaban J connectivity index is 1.89. The van der Waals surface area contributed by atoms with Crippen LogP contribution in [-0.4, -0.2) is 24.4 Å². The second-order valence-corrected chi connectivity index (χ2v) is 3.10. The second kappa shape index (κ2) is 1.83. The molecule has 2 nitrogen and oxygen atoms in total. The van der Waals surface area contributed by atoms with Crippen molar-refractivity contribution in [2.24, 2.45) is 0 Å². The predicted octanol–water partition coefficient (Wildman–Crippen LogP) is 1.12. The normalized spacial score (nSPS) is 50.6. The molecule has 2 aliphatic rings. The van der Waals surface area contributed by atoms with Crippen molar-refractivity contribution >= 4 is 0 Å². The molecule has 2 heteroatoms. The maximum atomic E-state index is 5.25. The van der Waals surface area contributed by atoms with Crippen LogP contribution in [0.2, 0.25) is 0 Å². The van der Waals surface area contributed by atoms with Crippen LogP contribution in [0, 0.1) is 0 Å². The zero-order valence-electron chi connectivity index (χ0n) is 6.33. The molecule has 2 saturated heterocycles. The molecule has 0 unspecified atom stereocenters. The van der Waals surface area contributed by atoms with Crippen molar-refractivity contribution in [3.63, 3.8) is 0 Å². The lowest BCUT2D eigenvalue weighted by Crippen LogP contribution is -2.02. The lowest BCUT2D eigenvalue weighted by atomic mass is 10.1. The van der Waals surface area contributed by atoms with Gasteiger partial charge in [0.2, 0.25) is 0 Å². The Morgan fingerprint density at radius 1 is 1.10 bits per heavy atom. The minimum absolute atomic E-state index is 0.287. The van der Waals surface area contributed by atoms with Crippen LogP contribution in [0.15, 0.2) is 12.2 Å². The van der Waals surface area contributed by atoms with Gasteiger partial charge in [0.15, 0.2) is 0 Å². The van der Waals surface area contributed by atoms with Crippen LogP contribution in [0.3, 0.4) is 0 Å². The summed E-state index contributed by atoms with van der Waals surface area (Å²) in [6.45, 7) is 8.05. The lowest BCUT2D eigenvalue weighted by Gasteiger charge is -1.92. The average molecular weight is 140 g/mol. The molecule has 0 aromatic heterocycles. The summed E-state index contributed by atoms with van der Waals surface area (Å²) in [5, 5.41) is 0. The molecule has 0 bridgehead atoms. The zero-order chi connectivity index (χ0) is 7.30. The molecular formula is C8H12O2. The van der Waals surface area contributed by atoms with Gasteiger partial charge in [0.1, 0.15) is 12.2 Å². The topological polar surface area (TPSA) is 25.1 Å². The second-order valence-electron chi connectivity index (χ2n) is 3.10. The van der Waals surface area contributed by atoms with Crippen LogP contribution < -0.4 is 0 Å². The third-order valence-corrected chi connectivity index (χ3v) is 2.15. The highest BCUT2D eigenvalue weighted by Crippen LogP contribution is 2.38. The molecule has 56 valence electrons. The van der Waals surface area contributed by atoms with Crippen molar-refractivity contribution in [2.45, 2.75) is 38.3 Å². The largest absolute Gasteiger partial charge is 0.365 e. The van der Waals surface area contributed by atoms with E-state index in [0.717, 1.165) is 5.57 Å². The van der Waals surface area contributed by atoms with E-state index >= 15 is 0 Å². The molecule has 0 N–H and O–H groups in total. The Hall–Kier alpha value is -0.340. The predicted molar refractivity (Wildman–Crippen MR) is 37.8 cm³/mol. The molecule has 0 aromatic carbocycles. The van der Waals surface area contributed by atoms with Crippen molar-refractivity contribution in [2.75, 3.05) is 0 Å². The fourth-order valence-electron chi connectivity index (χ4n) is 1.31. The molecule has 0 amide bonds. The van der Waals surface area contributed by atoms with E-state index in [-0.39, 0.29) is 12.2 Å². The van der Waals surface area contributed by atoms with E-state index in [1.165, 1.54) is 0 Å². The van der Waals surface area contributed by atoms with Gasteiger partial charge in [-0.3, -0.25) is 0 Å². The fourth-order valence-corrected chi connectivity index (χ4v) is 1.31. The first-order valence-electron chi connectivity index (χ1n) is 3.70. The molecule has 2 heterocycles. The monoisotopic (exact) mass is 140 g/mol. The van der Waals surface area contributed by atoms with Gasteiger partial charge in [0, 0.05) is 0 Å². The third kappa shape index (κ3) is 0.879. The van der Waals surface area contributed by atoms with Crippen molar-refractivity contribution in [3.8, 4) is 0 Å². The van der Waals surface area contributed by atoms with E-state index in [1.807, 2.05) is 0 Å². The van der Waals surface area contributed by atoms with Crippen LogP contribution >= 0.6 is 0 Å². The van der Waals surface area contributed by atoms with Crippen molar-refractivity contribution < 1.29 is 9.47 Å². The van der Waals surface area contributed by atoms with Gasteiger partial charge in [-0.25, -0.2) is 0 Å². The van der Waals surface area contributed by atoms with Gasteiger partial charge < -0.3 is 9.47 Å². The Morgan fingerprint density at radius 2 is 1.40 bits per heavy atom. The van der Waals surface area contributed by atoms with E-state index < -0.39 is 0 Å². The maximum absolute atomic E-state index is 5.25. The van der Waals surface area contributed by atoms with E-state index in [2.05, 4.69) is 20.4 Å². The molecular weight excluding hydrogens is 128 g/mol. The number of ether oxygens (including phenoxy) is 2. The third-order valence-electron chi connectivity index (χ3n) is 2.15. The molecule has 0 aromatic rings. The quantitative estimate of drug-likeness (QED) is 0.424. The van der Waals surface area contributed by atoms with E-state index in [9.17, 15) is 0 Å². The first-order valence-corrected chi connectivity index (χ1v) is 3.70. The molecule has 10 heavy (non-hydrogen) atoms. The average Bonchev–Trinajstić information content (AvgIpc) is 2.70. The Kier molecular flexibility index (Phi) is 1.17. The molecule has 2 aliphatic heterocycles. The van der Waals surface area contributed by atoms with Crippen LogP contribution in [0.4, 0.5) is 0 Å². The SMILES string of the molecule is C=C([C@H]1O[C@@H]1C)[C@@H]1O[C@H]1C. The van der Waals surface area contributed by atoms with Crippen molar-refractivity contribution in [1.29, 1.82) is 0 Å². The van der Waals surface area contributed by atoms with E-state index in [1.54, 1.807) is 0 Å². The Morgan fingerprint density at radius 3 is 1.60 bits per heavy atom. The summed E-state index contributed by atoms with van der Waals surface area (Å²) in [7, 11) is 0. The zero-order valence-corrected chi connectivity index (χ0v) is 6.33. The van der Waals surface area contributed by atoms with E-state index in [0.29, 0.717) is 12.2 Å². The summed E-state index contributed by atoms with van der Waals surface area (Å²) in [6.07, 6.45) is 1.33. The standard InChI is InChI=1S/C8H12O2/c1-4(7-5(2)9-7)8-6(3)10-8/h5-8H,1H2,2-3H3/t5-,6+,7-,8+. The Labute approximate surface area is 60.8 Å². The first-order chi connectivity index (χ1) is 4.70. The van der Waals surface area contributed by atoms with Crippen LogP contribution in [0.25, 0.3) is 0 Å². The lowest BCUT2D eigenvalue weighted by molar-refractivity contribution is 0.367. The minimum Gasteiger partial charge on any atom is -0.365 e. The number of epoxide rings is 2. The first kappa shape index (κ1) is 6.38. The molecule has 4 atom stereocenters. The van der Waals surface area contributed by atoms with Gasteiger partial charge in [-0.05, 0) is 19.4 Å². The maximum Gasteiger partial charge on any atom is 0.107 e. The fraction of sp³-hybridized carbons (Fsp3) is 0.750. The van der Waals surface area contributed by atoms with Gasteiger partial charge in [-0.15, -0.1) is 0 Å². The van der Waals surface area contributed by atoms with Gasteiger partial charge >= 0.3 is 0 Å². The molecule has 0 spiro atoms. The van der Waals surface area contributed by atoms with Crippen molar-refractivity contribution in [3.05, 3.63) is 12.2 Å². The van der Waals surface area contributed by atoms with Gasteiger partial charge in [0.25, 0.3) is 0 Å². The van der Waals surface area contributed by atoms with Crippen LogP contribution in [0.1, 0.15) is 13.8 Å². The van der Waals surface area contributed by atoms with Gasteiger partial charge in [-0.1, -0.05) is 6.58 Å². The number of hydrogen-bond donors (Lipinski definition) is 0. The van der Waals surface area contributed by atoms with Crippen LogP contribution in [0.5, 0.6) is 0 Å². The highest BCUT2D eigenvalue weighted by atomic mass is 16.6. The van der Waals surface area contributed by atoms with Crippen molar-refractivity contribution in [1.82, 2.24) is 0 Å². The summed E-state index contributed by atoms with van der Waals surface area (Å²) in [5.41, 5.74) is 1.13. The van der Waals surface area contributed by atoms with Gasteiger partial charge in [-0.2, -0.15) is 0 Å². The Bertz CT molecular complexity index is 158. The highest BCUT2D eigenvalue weighted by Gasteiger charge is 2.47. The highest BCUT2D eigenvalue weighted by molar-refractivity contribution is 5.22.